The Labute approximate surface area is 198 Å². The summed E-state index contributed by atoms with van der Waals surface area (Å²) in [5.74, 6) is -2.13. The van der Waals surface area contributed by atoms with Crippen molar-refractivity contribution in [3.8, 4) is 16.8 Å². The summed E-state index contributed by atoms with van der Waals surface area (Å²) in [5.41, 5.74) is 2.44. The lowest BCUT2D eigenvalue weighted by Crippen LogP contribution is -2.06. The van der Waals surface area contributed by atoms with Gasteiger partial charge in [-0.1, -0.05) is 0 Å². The standard InChI is InChI=1S/C26H19F3N4O2/c1-4-35-26(34)17-11-15(16-7-9-31-25(29)13(16)2)12-21-23(17)32-14(3)33(21)20-8-10-30-24-19(28)6-5-18(27)22(20)24/h5-12H,4H2,1-3H3. The average Bonchev–Trinajstić information content (AvgIpc) is 3.17. The van der Waals surface area contributed by atoms with E-state index in [2.05, 4.69) is 15.0 Å². The summed E-state index contributed by atoms with van der Waals surface area (Å²) < 4.78 is 50.5. The summed E-state index contributed by atoms with van der Waals surface area (Å²) in [6, 6.07) is 8.56. The second-order valence-corrected chi connectivity index (χ2v) is 7.96. The van der Waals surface area contributed by atoms with Gasteiger partial charge >= 0.3 is 5.97 Å². The molecule has 3 aromatic heterocycles. The minimum Gasteiger partial charge on any atom is -0.462 e. The zero-order valence-electron chi connectivity index (χ0n) is 19.1. The molecule has 6 nitrogen and oxygen atoms in total. The van der Waals surface area contributed by atoms with Crippen molar-refractivity contribution in [2.45, 2.75) is 20.8 Å². The normalized spacial score (nSPS) is 11.4. The number of aromatic nitrogens is 4. The quantitative estimate of drug-likeness (QED) is 0.241. The van der Waals surface area contributed by atoms with Crippen LogP contribution in [0.2, 0.25) is 0 Å². The van der Waals surface area contributed by atoms with Gasteiger partial charge in [-0.15, -0.1) is 0 Å². The van der Waals surface area contributed by atoms with E-state index in [0.717, 1.165) is 12.1 Å². The number of benzene rings is 2. The van der Waals surface area contributed by atoms with Crippen LogP contribution in [0.15, 0.2) is 48.8 Å². The van der Waals surface area contributed by atoms with Crippen LogP contribution in [-0.2, 0) is 4.74 Å². The number of imidazole rings is 1. The average molecular weight is 476 g/mol. The van der Waals surface area contributed by atoms with E-state index in [9.17, 15) is 18.0 Å². The second-order valence-electron chi connectivity index (χ2n) is 7.96. The van der Waals surface area contributed by atoms with Crippen molar-refractivity contribution in [1.29, 1.82) is 0 Å². The maximum Gasteiger partial charge on any atom is 0.340 e. The predicted molar refractivity (Wildman–Crippen MR) is 125 cm³/mol. The fourth-order valence-electron chi connectivity index (χ4n) is 4.30. The Balaban J connectivity index is 1.90. The van der Waals surface area contributed by atoms with Crippen molar-refractivity contribution in [2.24, 2.45) is 0 Å². The summed E-state index contributed by atoms with van der Waals surface area (Å²) in [7, 11) is 0. The molecule has 0 bridgehead atoms. The molecule has 3 heterocycles. The number of ether oxygens (including phenoxy) is 1. The second kappa shape index (κ2) is 8.50. The summed E-state index contributed by atoms with van der Waals surface area (Å²) in [6.07, 6.45) is 2.72. The summed E-state index contributed by atoms with van der Waals surface area (Å²) >= 11 is 0. The summed E-state index contributed by atoms with van der Waals surface area (Å²) in [5, 5.41) is -0.0240. The van der Waals surface area contributed by atoms with E-state index < -0.39 is 23.6 Å². The van der Waals surface area contributed by atoms with Crippen molar-refractivity contribution in [3.05, 3.63) is 83.3 Å². The highest BCUT2D eigenvalue weighted by Crippen LogP contribution is 2.35. The van der Waals surface area contributed by atoms with E-state index in [1.165, 1.54) is 12.4 Å². The number of halogens is 3. The molecule has 2 aromatic carbocycles. The van der Waals surface area contributed by atoms with Crippen LogP contribution < -0.4 is 0 Å². The number of fused-ring (bicyclic) bond motifs is 2. The van der Waals surface area contributed by atoms with Crippen molar-refractivity contribution in [3.63, 3.8) is 0 Å². The van der Waals surface area contributed by atoms with Crippen LogP contribution >= 0.6 is 0 Å². The largest absolute Gasteiger partial charge is 0.462 e. The van der Waals surface area contributed by atoms with Crippen LogP contribution in [0.4, 0.5) is 13.2 Å². The number of carbonyl (C=O) groups is 1. The molecular weight excluding hydrogens is 457 g/mol. The Hall–Kier alpha value is -4.27. The van der Waals surface area contributed by atoms with Crippen molar-refractivity contribution < 1.29 is 22.7 Å². The van der Waals surface area contributed by atoms with Crippen molar-refractivity contribution >= 4 is 27.9 Å². The highest BCUT2D eigenvalue weighted by molar-refractivity contribution is 6.05. The van der Waals surface area contributed by atoms with Gasteiger partial charge in [0, 0.05) is 18.0 Å². The van der Waals surface area contributed by atoms with Gasteiger partial charge in [-0.2, -0.15) is 4.39 Å². The zero-order chi connectivity index (χ0) is 24.9. The number of hydrogen-bond acceptors (Lipinski definition) is 5. The summed E-state index contributed by atoms with van der Waals surface area (Å²) in [6.45, 7) is 5.11. The minimum absolute atomic E-state index is 0.0240. The number of nitrogens with zero attached hydrogens (tertiary/aromatic N) is 4. The van der Waals surface area contributed by atoms with Gasteiger partial charge in [-0.3, -0.25) is 9.55 Å². The number of hydrogen-bond donors (Lipinski definition) is 0. The molecule has 9 heteroatoms. The lowest BCUT2D eigenvalue weighted by atomic mass is 9.99. The first-order chi connectivity index (χ1) is 16.8. The molecule has 0 atom stereocenters. The molecule has 0 spiro atoms. The van der Waals surface area contributed by atoms with Crippen LogP contribution in [0.3, 0.4) is 0 Å². The first-order valence-corrected chi connectivity index (χ1v) is 10.9. The van der Waals surface area contributed by atoms with E-state index in [4.69, 9.17) is 4.74 Å². The minimum atomic E-state index is -0.666. The number of aryl methyl sites for hydroxylation is 1. The van der Waals surface area contributed by atoms with Crippen LogP contribution in [0.1, 0.15) is 28.7 Å². The predicted octanol–water partition coefficient (Wildman–Crippen LogP) is 5.85. The fourth-order valence-corrected chi connectivity index (χ4v) is 4.30. The van der Waals surface area contributed by atoms with Gasteiger partial charge in [0.15, 0.2) is 0 Å². The molecular formula is C26H19F3N4O2. The maximum absolute atomic E-state index is 14.9. The first-order valence-electron chi connectivity index (χ1n) is 10.9. The Morgan fingerprint density at radius 3 is 2.49 bits per heavy atom. The highest BCUT2D eigenvalue weighted by Gasteiger charge is 2.23. The number of carbonyl (C=O) groups excluding carboxylic acids is 1. The third-order valence-corrected chi connectivity index (χ3v) is 5.89. The monoisotopic (exact) mass is 476 g/mol. The van der Waals surface area contributed by atoms with Crippen LogP contribution in [0.5, 0.6) is 0 Å². The molecule has 0 saturated carbocycles. The van der Waals surface area contributed by atoms with Gasteiger partial charge in [-0.25, -0.2) is 23.5 Å². The molecule has 35 heavy (non-hydrogen) atoms. The van der Waals surface area contributed by atoms with Crippen molar-refractivity contribution in [1.82, 2.24) is 19.5 Å². The van der Waals surface area contributed by atoms with Gasteiger partial charge in [0.05, 0.1) is 28.8 Å². The van der Waals surface area contributed by atoms with Crippen LogP contribution in [-0.4, -0.2) is 32.1 Å². The molecule has 0 aliphatic heterocycles. The lowest BCUT2D eigenvalue weighted by Gasteiger charge is -2.13. The molecule has 176 valence electrons. The van der Waals surface area contributed by atoms with Crippen LogP contribution in [0.25, 0.3) is 38.8 Å². The van der Waals surface area contributed by atoms with Gasteiger partial charge in [0.2, 0.25) is 5.95 Å². The maximum atomic E-state index is 14.9. The van der Waals surface area contributed by atoms with Gasteiger partial charge in [0.25, 0.3) is 0 Å². The third kappa shape index (κ3) is 3.60. The molecule has 0 unspecified atom stereocenters. The van der Waals surface area contributed by atoms with E-state index in [1.807, 2.05) is 0 Å². The molecule has 0 saturated heterocycles. The number of pyridine rings is 2. The molecule has 0 amide bonds. The first kappa shape index (κ1) is 22.5. The van der Waals surface area contributed by atoms with E-state index in [0.29, 0.717) is 39.2 Å². The van der Waals surface area contributed by atoms with E-state index >= 15 is 0 Å². The Morgan fingerprint density at radius 2 is 1.71 bits per heavy atom. The molecule has 0 aliphatic carbocycles. The topological polar surface area (TPSA) is 69.9 Å². The van der Waals surface area contributed by atoms with Gasteiger partial charge < -0.3 is 4.74 Å². The number of rotatable bonds is 4. The van der Waals surface area contributed by atoms with Crippen molar-refractivity contribution in [2.75, 3.05) is 6.61 Å². The Bertz CT molecular complexity index is 1650. The smallest absolute Gasteiger partial charge is 0.340 e. The molecule has 0 radical (unpaired) electrons. The molecule has 5 aromatic rings. The Morgan fingerprint density at radius 1 is 0.971 bits per heavy atom. The van der Waals surface area contributed by atoms with Gasteiger partial charge in [-0.05, 0) is 68.3 Å². The fraction of sp³-hybridized carbons (Fsp3) is 0.154. The van der Waals surface area contributed by atoms with Gasteiger partial charge in [0.1, 0.15) is 28.5 Å². The van der Waals surface area contributed by atoms with Crippen LogP contribution in [0, 0.1) is 31.4 Å². The lowest BCUT2D eigenvalue weighted by molar-refractivity contribution is 0.0528. The highest BCUT2D eigenvalue weighted by atomic mass is 19.1. The molecule has 0 N–H and O–H groups in total. The summed E-state index contributed by atoms with van der Waals surface area (Å²) in [4.78, 5) is 25.1. The zero-order valence-corrected chi connectivity index (χ0v) is 19.1. The van der Waals surface area contributed by atoms with E-state index in [1.54, 1.807) is 49.6 Å². The Kier molecular flexibility index (Phi) is 5.47. The molecule has 5 rings (SSSR count). The van der Waals surface area contributed by atoms with E-state index in [-0.39, 0.29) is 23.1 Å². The molecule has 0 fully saturated rings. The number of esters is 1. The third-order valence-electron chi connectivity index (χ3n) is 5.89. The molecule has 0 aliphatic rings. The SMILES string of the molecule is CCOC(=O)c1cc(-c2ccnc(F)c2C)cc2c1nc(C)n2-c1ccnc2c(F)ccc(F)c12.